The summed E-state index contributed by atoms with van der Waals surface area (Å²) in [6, 6.07) is 0. The molecule has 3 rings (SSSR count). The maximum atomic E-state index is 5.93. The van der Waals surface area contributed by atoms with Crippen LogP contribution in [0.2, 0.25) is 4.34 Å². The van der Waals surface area contributed by atoms with E-state index in [9.17, 15) is 0 Å². The standard InChI is InChI=1S/C12H12BrClN4S/c1-2-15-10-8(13)9(6-3-4-6)17-11(18-10)12-16-5-7(14)19-12/h5-6H,2-4H2,1H3,(H,15,17,18). The highest BCUT2D eigenvalue weighted by molar-refractivity contribution is 9.10. The second kappa shape index (κ2) is 5.34. The Bertz CT molecular complexity index is 612. The lowest BCUT2D eigenvalue weighted by Crippen LogP contribution is -2.05. The fraction of sp³-hybridized carbons (Fsp3) is 0.417. The molecule has 0 amide bonds. The molecule has 100 valence electrons. The Hall–Kier alpha value is -0.720. The van der Waals surface area contributed by atoms with E-state index in [1.807, 2.05) is 6.92 Å². The van der Waals surface area contributed by atoms with E-state index in [-0.39, 0.29) is 0 Å². The van der Waals surface area contributed by atoms with Crippen molar-refractivity contribution in [1.29, 1.82) is 0 Å². The Balaban J connectivity index is 2.08. The first kappa shape index (κ1) is 13.3. The minimum Gasteiger partial charge on any atom is -0.369 e. The summed E-state index contributed by atoms with van der Waals surface area (Å²) in [6.07, 6.45) is 4.02. The number of hydrogen-bond donors (Lipinski definition) is 1. The maximum Gasteiger partial charge on any atom is 0.191 e. The molecule has 2 aromatic heterocycles. The molecule has 0 aromatic carbocycles. The first-order chi connectivity index (χ1) is 9.19. The van der Waals surface area contributed by atoms with E-state index >= 15 is 0 Å². The van der Waals surface area contributed by atoms with Gasteiger partial charge in [0.1, 0.15) is 10.2 Å². The fourth-order valence-corrected chi connectivity index (χ4v) is 3.32. The van der Waals surface area contributed by atoms with Gasteiger partial charge in [0, 0.05) is 12.5 Å². The molecule has 1 aliphatic rings. The predicted molar refractivity (Wildman–Crippen MR) is 82.0 cm³/mol. The Morgan fingerprint density at radius 3 is 2.84 bits per heavy atom. The Kier molecular flexibility index (Phi) is 3.73. The molecule has 19 heavy (non-hydrogen) atoms. The van der Waals surface area contributed by atoms with Crippen LogP contribution < -0.4 is 5.32 Å². The van der Waals surface area contributed by atoms with Crippen molar-refractivity contribution < 1.29 is 0 Å². The van der Waals surface area contributed by atoms with Gasteiger partial charge in [-0.2, -0.15) is 0 Å². The number of nitrogens with zero attached hydrogens (tertiary/aromatic N) is 3. The van der Waals surface area contributed by atoms with Gasteiger partial charge < -0.3 is 5.32 Å². The average Bonchev–Trinajstić information content (AvgIpc) is 3.14. The number of hydrogen-bond acceptors (Lipinski definition) is 5. The largest absolute Gasteiger partial charge is 0.369 e. The molecular weight excluding hydrogens is 348 g/mol. The molecule has 0 spiro atoms. The summed E-state index contributed by atoms with van der Waals surface area (Å²) >= 11 is 10.9. The summed E-state index contributed by atoms with van der Waals surface area (Å²) in [6.45, 7) is 2.86. The monoisotopic (exact) mass is 358 g/mol. The molecule has 0 aliphatic heterocycles. The van der Waals surface area contributed by atoms with Gasteiger partial charge in [-0.15, -0.1) is 0 Å². The minimum atomic E-state index is 0.545. The van der Waals surface area contributed by atoms with E-state index in [0.717, 1.165) is 27.5 Å². The lowest BCUT2D eigenvalue weighted by Gasteiger charge is -2.10. The van der Waals surface area contributed by atoms with Crippen LogP contribution in [0, 0.1) is 0 Å². The molecule has 0 saturated heterocycles. The van der Waals surface area contributed by atoms with Crippen molar-refractivity contribution in [2.45, 2.75) is 25.7 Å². The van der Waals surface area contributed by atoms with Crippen LogP contribution in [-0.4, -0.2) is 21.5 Å². The zero-order valence-corrected chi connectivity index (χ0v) is 13.4. The van der Waals surface area contributed by atoms with Crippen LogP contribution in [0.4, 0.5) is 5.82 Å². The molecule has 1 saturated carbocycles. The highest BCUT2D eigenvalue weighted by atomic mass is 79.9. The van der Waals surface area contributed by atoms with Crippen LogP contribution in [0.15, 0.2) is 10.7 Å². The average molecular weight is 360 g/mol. The van der Waals surface area contributed by atoms with E-state index in [1.54, 1.807) is 6.20 Å². The number of halogens is 2. The molecule has 0 radical (unpaired) electrons. The van der Waals surface area contributed by atoms with Gasteiger partial charge >= 0.3 is 0 Å². The third-order valence-electron chi connectivity index (χ3n) is 2.85. The Labute approximate surface area is 128 Å². The van der Waals surface area contributed by atoms with Gasteiger partial charge in [0.2, 0.25) is 0 Å². The molecule has 0 unspecified atom stereocenters. The van der Waals surface area contributed by atoms with Crippen LogP contribution >= 0.6 is 38.9 Å². The highest BCUT2D eigenvalue weighted by Gasteiger charge is 2.29. The van der Waals surface area contributed by atoms with Crippen LogP contribution in [0.25, 0.3) is 10.8 Å². The molecule has 7 heteroatoms. The molecule has 1 aliphatic carbocycles. The van der Waals surface area contributed by atoms with E-state index in [1.165, 1.54) is 24.2 Å². The van der Waals surface area contributed by atoms with Gasteiger partial charge in [0.25, 0.3) is 0 Å². The van der Waals surface area contributed by atoms with Gasteiger partial charge in [-0.05, 0) is 35.7 Å². The Morgan fingerprint density at radius 1 is 1.47 bits per heavy atom. The van der Waals surface area contributed by atoms with Crippen molar-refractivity contribution in [3.05, 3.63) is 20.7 Å². The minimum absolute atomic E-state index is 0.545. The lowest BCUT2D eigenvalue weighted by molar-refractivity contribution is 0.972. The lowest BCUT2D eigenvalue weighted by atomic mass is 10.2. The quantitative estimate of drug-likeness (QED) is 0.883. The summed E-state index contributed by atoms with van der Waals surface area (Å²) in [5.74, 6) is 2.03. The van der Waals surface area contributed by atoms with E-state index in [2.05, 4.69) is 36.2 Å². The SMILES string of the molecule is CCNc1nc(-c2ncc(Cl)s2)nc(C2CC2)c1Br. The summed E-state index contributed by atoms with van der Waals surface area (Å²) in [4.78, 5) is 13.4. The molecule has 0 bridgehead atoms. The van der Waals surface area contributed by atoms with Gasteiger partial charge in [0.15, 0.2) is 10.8 Å². The van der Waals surface area contributed by atoms with E-state index in [4.69, 9.17) is 11.6 Å². The third kappa shape index (κ3) is 2.75. The van der Waals surface area contributed by atoms with Crippen LogP contribution in [0.3, 0.4) is 0 Å². The van der Waals surface area contributed by atoms with Crippen molar-refractivity contribution >= 4 is 44.7 Å². The second-order valence-corrected chi connectivity index (χ2v) is 6.82. The van der Waals surface area contributed by atoms with Gasteiger partial charge in [-0.25, -0.2) is 15.0 Å². The first-order valence-electron chi connectivity index (χ1n) is 6.12. The highest BCUT2D eigenvalue weighted by Crippen LogP contribution is 2.44. The number of aromatic nitrogens is 3. The van der Waals surface area contributed by atoms with Gasteiger partial charge in [-0.1, -0.05) is 22.9 Å². The van der Waals surface area contributed by atoms with Crippen molar-refractivity contribution in [1.82, 2.24) is 15.0 Å². The molecule has 4 nitrogen and oxygen atoms in total. The summed E-state index contributed by atoms with van der Waals surface area (Å²) < 4.78 is 1.63. The molecule has 1 N–H and O–H groups in total. The second-order valence-electron chi connectivity index (χ2n) is 4.37. The van der Waals surface area contributed by atoms with Crippen molar-refractivity contribution in [3.8, 4) is 10.8 Å². The smallest absolute Gasteiger partial charge is 0.191 e. The zero-order chi connectivity index (χ0) is 13.4. The van der Waals surface area contributed by atoms with Crippen LogP contribution in [-0.2, 0) is 0 Å². The maximum absolute atomic E-state index is 5.93. The zero-order valence-electron chi connectivity index (χ0n) is 10.3. The third-order valence-corrected chi connectivity index (χ3v) is 4.75. The number of nitrogens with one attached hydrogen (secondary N) is 1. The topological polar surface area (TPSA) is 50.7 Å². The molecule has 0 atom stereocenters. The molecular formula is C12H12BrClN4S. The predicted octanol–water partition coefficient (Wildman–Crippen LogP) is 4.33. The Morgan fingerprint density at radius 2 is 2.26 bits per heavy atom. The van der Waals surface area contributed by atoms with Gasteiger partial charge in [-0.3, -0.25) is 0 Å². The fourth-order valence-electron chi connectivity index (χ4n) is 1.83. The summed E-state index contributed by atoms with van der Waals surface area (Å²) in [5.41, 5.74) is 1.08. The van der Waals surface area contributed by atoms with Crippen LogP contribution in [0.1, 0.15) is 31.4 Å². The van der Waals surface area contributed by atoms with Crippen LogP contribution in [0.5, 0.6) is 0 Å². The number of rotatable bonds is 4. The molecule has 2 aromatic rings. The van der Waals surface area contributed by atoms with E-state index < -0.39 is 0 Å². The molecule has 1 fully saturated rings. The van der Waals surface area contributed by atoms with E-state index in [0.29, 0.717) is 16.1 Å². The molecule has 2 heterocycles. The normalized spacial score (nSPS) is 14.7. The first-order valence-corrected chi connectivity index (χ1v) is 8.10. The summed E-state index contributed by atoms with van der Waals surface area (Å²) in [7, 11) is 0. The van der Waals surface area contributed by atoms with Gasteiger partial charge in [0.05, 0.1) is 16.4 Å². The van der Waals surface area contributed by atoms with Crippen molar-refractivity contribution in [2.24, 2.45) is 0 Å². The summed E-state index contributed by atoms with van der Waals surface area (Å²) in [5, 5.41) is 4.02. The van der Waals surface area contributed by atoms with Crippen molar-refractivity contribution in [2.75, 3.05) is 11.9 Å². The number of thiazole rings is 1. The number of anilines is 1. The van der Waals surface area contributed by atoms with Crippen molar-refractivity contribution in [3.63, 3.8) is 0 Å².